The Labute approximate surface area is 170 Å². The van der Waals surface area contributed by atoms with Gasteiger partial charge >= 0.3 is 0 Å². The summed E-state index contributed by atoms with van der Waals surface area (Å²) in [6.45, 7) is 0. The highest BCUT2D eigenvalue weighted by atomic mass is 35.5. The number of halogens is 1. The first-order chi connectivity index (χ1) is 13.1. The molecule has 0 atom stereocenters. The predicted octanol–water partition coefficient (Wildman–Crippen LogP) is 4.20. The van der Waals surface area contributed by atoms with Gasteiger partial charge in [0.2, 0.25) is 5.91 Å². The van der Waals surface area contributed by atoms with Crippen molar-refractivity contribution in [2.45, 2.75) is 30.8 Å². The average molecular weight is 420 g/mol. The molecule has 140 valence electrons. The van der Waals surface area contributed by atoms with Gasteiger partial charge in [0.05, 0.1) is 11.4 Å². The third-order valence-corrected chi connectivity index (χ3v) is 6.91. The zero-order valence-corrected chi connectivity index (χ0v) is 17.1. The van der Waals surface area contributed by atoms with E-state index >= 15 is 0 Å². The van der Waals surface area contributed by atoms with Crippen molar-refractivity contribution in [1.29, 1.82) is 0 Å². The Kier molecular flexibility index (Phi) is 5.47. The summed E-state index contributed by atoms with van der Waals surface area (Å²) in [4.78, 5) is 17.6. The monoisotopic (exact) mass is 419 g/mol. The van der Waals surface area contributed by atoms with Gasteiger partial charge in [-0.05, 0) is 43.4 Å². The fourth-order valence-electron chi connectivity index (χ4n) is 3.15. The van der Waals surface area contributed by atoms with E-state index in [1.54, 1.807) is 18.3 Å². The second kappa shape index (κ2) is 8.00. The van der Waals surface area contributed by atoms with Crippen molar-refractivity contribution in [3.63, 3.8) is 0 Å². The van der Waals surface area contributed by atoms with Crippen molar-refractivity contribution in [2.24, 2.45) is 7.05 Å². The Hall–Kier alpha value is -1.90. The summed E-state index contributed by atoms with van der Waals surface area (Å²) in [7, 11) is 1.94. The van der Waals surface area contributed by atoms with Crippen LogP contribution in [0.15, 0.2) is 28.9 Å². The van der Waals surface area contributed by atoms with Crippen molar-refractivity contribution in [2.75, 3.05) is 11.1 Å². The van der Waals surface area contributed by atoms with Gasteiger partial charge in [-0.25, -0.2) is 4.98 Å². The fourth-order valence-corrected chi connectivity index (χ4v) is 5.15. The van der Waals surface area contributed by atoms with Crippen LogP contribution in [0.5, 0.6) is 0 Å². The fraction of sp³-hybridized carbons (Fsp3) is 0.333. The number of rotatable bonds is 5. The van der Waals surface area contributed by atoms with Crippen molar-refractivity contribution < 1.29 is 4.79 Å². The Morgan fingerprint density at radius 1 is 1.37 bits per heavy atom. The summed E-state index contributed by atoms with van der Waals surface area (Å²) >= 11 is 9.14. The van der Waals surface area contributed by atoms with Crippen LogP contribution in [0.2, 0.25) is 5.15 Å². The maximum atomic E-state index is 12.2. The minimum Gasteiger partial charge on any atom is -0.323 e. The molecule has 0 unspecified atom stereocenters. The predicted molar refractivity (Wildman–Crippen MR) is 110 cm³/mol. The first-order valence-electron chi connectivity index (χ1n) is 8.65. The number of carbonyl (C=O) groups is 1. The van der Waals surface area contributed by atoms with Gasteiger partial charge in [-0.15, -0.1) is 21.5 Å². The molecule has 3 aromatic heterocycles. The van der Waals surface area contributed by atoms with Gasteiger partial charge < -0.3 is 9.88 Å². The molecule has 1 aliphatic carbocycles. The zero-order chi connectivity index (χ0) is 18.8. The van der Waals surface area contributed by atoms with Crippen molar-refractivity contribution in [3.8, 4) is 11.4 Å². The number of aryl methyl sites for hydroxylation is 1. The van der Waals surface area contributed by atoms with Crippen LogP contribution in [-0.4, -0.2) is 31.4 Å². The zero-order valence-electron chi connectivity index (χ0n) is 14.7. The molecule has 0 saturated heterocycles. The van der Waals surface area contributed by atoms with Gasteiger partial charge in [0.1, 0.15) is 0 Å². The number of aromatic nitrogens is 4. The molecule has 0 fully saturated rings. The van der Waals surface area contributed by atoms with Crippen molar-refractivity contribution in [1.82, 2.24) is 19.7 Å². The number of nitrogens with zero attached hydrogens (tertiary/aromatic N) is 4. The van der Waals surface area contributed by atoms with E-state index in [1.165, 1.54) is 40.6 Å². The van der Waals surface area contributed by atoms with Gasteiger partial charge in [-0.1, -0.05) is 23.4 Å². The lowest BCUT2D eigenvalue weighted by atomic mass is 9.96. The number of carbonyl (C=O) groups excluding carboxylic acids is 1. The number of nitrogens with one attached hydrogen (secondary N) is 1. The van der Waals surface area contributed by atoms with Crippen LogP contribution in [-0.2, 0) is 24.7 Å². The van der Waals surface area contributed by atoms with Crippen LogP contribution < -0.4 is 5.32 Å². The first-order valence-corrected chi connectivity index (χ1v) is 10.9. The molecule has 0 radical (unpaired) electrons. The Balaban J connectivity index is 1.44. The third kappa shape index (κ3) is 3.88. The molecule has 6 nitrogen and oxygen atoms in total. The van der Waals surface area contributed by atoms with Gasteiger partial charge in [-0.2, -0.15) is 0 Å². The smallest absolute Gasteiger partial charge is 0.234 e. The second-order valence-electron chi connectivity index (χ2n) is 6.30. The molecule has 9 heteroatoms. The standard InChI is InChI=1S/C18H18ClN5OS2/c1-24-17(12-9-26-14-7-3-2-5-11(12)14)22-23-18(24)27-10-15(25)21-13-6-4-8-20-16(13)19/h4,6,8-9H,2-3,5,7,10H2,1H3,(H,21,25). The molecular formula is C18H18ClN5OS2. The van der Waals surface area contributed by atoms with E-state index in [9.17, 15) is 4.79 Å². The van der Waals surface area contributed by atoms with E-state index in [1.807, 2.05) is 23.0 Å². The lowest BCUT2D eigenvalue weighted by Crippen LogP contribution is -2.15. The van der Waals surface area contributed by atoms with E-state index in [0.717, 1.165) is 18.7 Å². The second-order valence-corrected chi connectivity index (χ2v) is 8.57. The molecule has 3 heterocycles. The highest BCUT2D eigenvalue weighted by Gasteiger charge is 2.21. The number of pyridine rings is 1. The molecular weight excluding hydrogens is 402 g/mol. The first kappa shape index (κ1) is 18.5. The molecule has 0 aromatic carbocycles. The molecule has 0 spiro atoms. The van der Waals surface area contributed by atoms with Crippen LogP contribution in [0.25, 0.3) is 11.4 Å². The van der Waals surface area contributed by atoms with E-state index < -0.39 is 0 Å². The summed E-state index contributed by atoms with van der Waals surface area (Å²) in [5, 5.41) is 14.6. The van der Waals surface area contributed by atoms with Gasteiger partial charge in [-0.3, -0.25) is 4.79 Å². The minimum atomic E-state index is -0.160. The van der Waals surface area contributed by atoms with Crippen LogP contribution in [0, 0.1) is 0 Å². The number of thioether (sulfide) groups is 1. The average Bonchev–Trinajstić information content (AvgIpc) is 3.25. The van der Waals surface area contributed by atoms with Gasteiger partial charge in [0.25, 0.3) is 0 Å². The number of fused-ring (bicyclic) bond motifs is 1. The van der Waals surface area contributed by atoms with Crippen LogP contribution in [0.1, 0.15) is 23.3 Å². The maximum absolute atomic E-state index is 12.2. The number of anilines is 1. The molecule has 27 heavy (non-hydrogen) atoms. The molecule has 3 aromatic rings. The summed E-state index contributed by atoms with van der Waals surface area (Å²) in [6.07, 6.45) is 6.35. The highest BCUT2D eigenvalue weighted by Crippen LogP contribution is 2.36. The Morgan fingerprint density at radius 3 is 3.07 bits per heavy atom. The molecule has 0 saturated carbocycles. The number of hydrogen-bond acceptors (Lipinski definition) is 6. The van der Waals surface area contributed by atoms with E-state index in [4.69, 9.17) is 11.6 Å². The normalized spacial score (nSPS) is 13.4. The Morgan fingerprint density at radius 2 is 2.22 bits per heavy atom. The summed E-state index contributed by atoms with van der Waals surface area (Å²) in [6, 6.07) is 3.45. The number of thiophene rings is 1. The third-order valence-electron chi connectivity index (χ3n) is 4.50. The highest BCUT2D eigenvalue weighted by molar-refractivity contribution is 7.99. The lowest BCUT2D eigenvalue weighted by molar-refractivity contribution is -0.113. The minimum absolute atomic E-state index is 0.160. The molecule has 0 aliphatic heterocycles. The number of amides is 1. The Bertz CT molecular complexity index is 984. The van der Waals surface area contributed by atoms with Crippen LogP contribution in [0.4, 0.5) is 5.69 Å². The van der Waals surface area contributed by atoms with Gasteiger partial charge in [0.15, 0.2) is 16.1 Å². The molecule has 1 amide bonds. The van der Waals surface area contributed by atoms with Crippen molar-refractivity contribution in [3.05, 3.63) is 39.3 Å². The van der Waals surface area contributed by atoms with Gasteiger partial charge in [0, 0.05) is 29.1 Å². The van der Waals surface area contributed by atoms with E-state index in [-0.39, 0.29) is 16.8 Å². The maximum Gasteiger partial charge on any atom is 0.234 e. The van der Waals surface area contributed by atoms with Crippen LogP contribution >= 0.6 is 34.7 Å². The molecule has 1 aliphatic rings. The number of hydrogen-bond donors (Lipinski definition) is 1. The van der Waals surface area contributed by atoms with E-state index in [2.05, 4.69) is 25.9 Å². The molecule has 0 bridgehead atoms. The SMILES string of the molecule is Cn1c(SCC(=O)Nc2cccnc2Cl)nnc1-c1csc2c1CCCC2. The summed E-state index contributed by atoms with van der Waals surface area (Å²) < 4.78 is 1.96. The summed E-state index contributed by atoms with van der Waals surface area (Å²) in [5.41, 5.74) is 3.11. The topological polar surface area (TPSA) is 72.7 Å². The van der Waals surface area contributed by atoms with Crippen molar-refractivity contribution >= 4 is 46.3 Å². The van der Waals surface area contributed by atoms with Crippen LogP contribution in [0.3, 0.4) is 0 Å². The largest absolute Gasteiger partial charge is 0.323 e. The molecule has 1 N–H and O–H groups in total. The van der Waals surface area contributed by atoms with E-state index in [0.29, 0.717) is 10.8 Å². The lowest BCUT2D eigenvalue weighted by Gasteiger charge is -2.12. The summed E-state index contributed by atoms with van der Waals surface area (Å²) in [5.74, 6) is 0.929. The quantitative estimate of drug-likeness (QED) is 0.495. The molecule has 4 rings (SSSR count).